The van der Waals surface area contributed by atoms with Crippen molar-refractivity contribution < 1.29 is 23.9 Å². The topological polar surface area (TPSA) is 110 Å². The highest BCUT2D eigenvalue weighted by atomic mass is 32.3. The Morgan fingerprint density at radius 2 is 1.47 bits per heavy atom. The normalized spacial score (nSPS) is 12.5. The molecule has 0 fully saturated rings. The fourth-order valence-corrected chi connectivity index (χ4v) is 14.2. The van der Waals surface area contributed by atoms with E-state index in [0.717, 1.165) is 40.7 Å². The summed E-state index contributed by atoms with van der Waals surface area (Å²) in [5, 5.41) is 19.4. The molecule has 0 aromatic heterocycles. The summed E-state index contributed by atoms with van der Waals surface area (Å²) >= 11 is 22.4. The van der Waals surface area contributed by atoms with Crippen LogP contribution >= 0.6 is 142 Å². The van der Waals surface area contributed by atoms with Gasteiger partial charge in [-0.05, 0) is 0 Å². The molecule has 0 rings (SSSR count). The lowest BCUT2D eigenvalue weighted by atomic mass is 11.2. The van der Waals surface area contributed by atoms with E-state index in [9.17, 15) is 9.00 Å². The van der Waals surface area contributed by atoms with Gasteiger partial charge in [0.25, 0.3) is 5.24 Å². The lowest BCUT2D eigenvalue weighted by molar-refractivity contribution is -0.196. The minimum atomic E-state index is -1.01. The molecule has 0 aliphatic heterocycles. The van der Waals surface area contributed by atoms with Crippen LogP contribution in [0, 0.1) is 0 Å². The van der Waals surface area contributed by atoms with E-state index in [1.807, 2.05) is 47.0 Å². The van der Waals surface area contributed by atoms with Crippen LogP contribution in [0.3, 0.4) is 0 Å². The number of thiol groups is 1. The van der Waals surface area contributed by atoms with Crippen molar-refractivity contribution in [3.8, 4) is 0 Å². The number of thioether (sulfide) groups is 11. The number of nitrogens with one attached hydrogen (secondary N) is 1. The molecule has 0 aliphatic rings. The molecule has 0 bridgehead atoms. The van der Waals surface area contributed by atoms with Gasteiger partial charge >= 0.3 is 0 Å². The summed E-state index contributed by atoms with van der Waals surface area (Å²) in [7, 11) is -1.01. The molecule has 0 spiro atoms. The van der Waals surface area contributed by atoms with Gasteiger partial charge in [-0.3, -0.25) is 14.0 Å². The first-order valence-electron chi connectivity index (χ1n) is 10.2. The Hall–Kier alpha value is 2.88. The largest absolute Gasteiger partial charge is 0.386 e. The van der Waals surface area contributed by atoms with E-state index in [1.165, 1.54) is 47.2 Å². The van der Waals surface area contributed by atoms with Gasteiger partial charge in [-0.1, -0.05) is 11.8 Å². The Morgan fingerprint density at radius 3 is 2.18 bits per heavy atom. The fraction of sp³-hybridized carbons (Fsp3) is 0.824. The van der Waals surface area contributed by atoms with E-state index in [1.54, 1.807) is 47.0 Å². The van der Waals surface area contributed by atoms with Crippen LogP contribution in [0.15, 0.2) is 9.98 Å². The molecule has 0 radical (unpaired) electrons. The number of hydrogen-bond acceptors (Lipinski definition) is 19. The molecule has 0 heterocycles. The van der Waals surface area contributed by atoms with E-state index in [-0.39, 0.29) is 11.2 Å². The van der Waals surface area contributed by atoms with Gasteiger partial charge < -0.3 is 15.3 Å². The maximum atomic E-state index is 11.9. The quantitative estimate of drug-likeness (QED) is 0.0140. The summed E-state index contributed by atoms with van der Waals surface area (Å²) in [6.07, 6.45) is 1.31. The minimum Gasteiger partial charge on any atom is -0.386 e. The van der Waals surface area contributed by atoms with Gasteiger partial charge in [0, 0.05) is 40.7 Å². The van der Waals surface area contributed by atoms with E-state index in [0.29, 0.717) is 28.7 Å². The summed E-state index contributed by atoms with van der Waals surface area (Å²) in [6, 6.07) is 0. The van der Waals surface area contributed by atoms with Crippen molar-refractivity contribution in [3.63, 3.8) is 0 Å². The van der Waals surface area contributed by atoms with Gasteiger partial charge in [-0.2, -0.15) is 17.5 Å². The van der Waals surface area contributed by atoms with Gasteiger partial charge in [0.15, 0.2) is 0 Å². The van der Waals surface area contributed by atoms with E-state index in [4.69, 9.17) is 14.9 Å². The molecule has 0 aromatic carbocycles. The van der Waals surface area contributed by atoms with E-state index in [2.05, 4.69) is 27.9 Å². The monoisotopic (exact) mass is 775 g/mol. The van der Waals surface area contributed by atoms with Gasteiger partial charge in [0.1, 0.15) is 5.94 Å². The lowest BCUT2D eigenvalue weighted by Gasteiger charge is -2.05. The number of aliphatic imine (C=N–C) groups is 2. The fourth-order valence-electron chi connectivity index (χ4n) is 1.46. The Kier molecular flexibility index (Phi) is 38.8. The van der Waals surface area contributed by atoms with Gasteiger partial charge in [-0.25, -0.2) is 4.99 Å². The average molecular weight is 776 g/mol. The smallest absolute Gasteiger partial charge is 0.280 e. The van der Waals surface area contributed by atoms with Gasteiger partial charge in [0.05, 0.1) is 45.0 Å². The van der Waals surface area contributed by atoms with Crippen LogP contribution in [0.4, 0.5) is 4.79 Å². The molecular weight excluding hydrogens is 743 g/mol. The molecule has 2 N–H and O–H groups in total. The zero-order valence-electron chi connectivity index (χ0n) is 20.4. The maximum Gasteiger partial charge on any atom is 0.280 e. The molecule has 1 amide bonds. The number of hydrogen-bond donors (Lipinski definition) is 3. The van der Waals surface area contributed by atoms with Crippen LogP contribution < -0.4 is 5.32 Å². The summed E-state index contributed by atoms with van der Waals surface area (Å²) < 4.78 is 11.5. The molecule has 0 saturated heterocycles. The SMILES string of the molecule is O=C(NCSCSCSCSCN=COOCSCSCO)SCSCSCSCSCS(=O)C=NCS. The van der Waals surface area contributed by atoms with Crippen LogP contribution in [0.5, 0.6) is 0 Å². The molecule has 0 aliphatic carbocycles. The number of amides is 1. The molecule has 0 aromatic rings. The standard InChI is InChI=1S/C17H33N3O5S13/c21-6-29-10-30-7-25-24-1-18-3-27-8-31-11-32-9-28-4-20-17(22)37-15-35-13-33-12-34-14-36-16-38(23)5-19-2-26/h1,5,21,26H,2-4,6-16H2,(H,20,22). The highest BCUT2D eigenvalue weighted by Gasteiger charge is 2.02. The third-order valence-corrected chi connectivity index (χ3v) is 17.0. The highest BCUT2D eigenvalue weighted by Crippen LogP contribution is 2.24. The molecular formula is C17H33N3O5S13. The number of aliphatic hydroxyl groups excluding tert-OH is 1. The van der Waals surface area contributed by atoms with Crippen LogP contribution in [-0.2, 0) is 20.6 Å². The van der Waals surface area contributed by atoms with Crippen molar-refractivity contribution in [2.45, 2.75) is 0 Å². The van der Waals surface area contributed by atoms with Crippen LogP contribution in [0.25, 0.3) is 0 Å². The van der Waals surface area contributed by atoms with Gasteiger partial charge in [0.2, 0.25) is 6.40 Å². The first-order chi connectivity index (χ1) is 18.7. The number of nitrogens with zero attached hydrogens (tertiary/aromatic N) is 2. The Bertz CT molecular complexity index is 614. The number of aliphatic hydroxyl groups is 1. The predicted octanol–water partition coefficient (Wildman–Crippen LogP) is 6.84. The maximum absolute atomic E-state index is 11.9. The molecule has 1 unspecified atom stereocenters. The average Bonchev–Trinajstić information content (AvgIpc) is 2.92. The number of carbonyl (C=O) groups is 1. The van der Waals surface area contributed by atoms with Crippen LogP contribution in [0.2, 0.25) is 0 Å². The highest BCUT2D eigenvalue weighted by molar-refractivity contribution is 8.30. The Morgan fingerprint density at radius 1 is 0.842 bits per heavy atom. The predicted molar refractivity (Wildman–Crippen MR) is 199 cm³/mol. The summed E-state index contributed by atoms with van der Waals surface area (Å²) in [4.78, 5) is 29.5. The second kappa shape index (κ2) is 36.1. The van der Waals surface area contributed by atoms with E-state index < -0.39 is 10.8 Å². The second-order valence-electron chi connectivity index (χ2n) is 5.54. The molecule has 224 valence electrons. The van der Waals surface area contributed by atoms with Crippen molar-refractivity contribution >= 4 is 170 Å². The number of rotatable bonds is 29. The molecule has 1 atom stereocenters. The van der Waals surface area contributed by atoms with Crippen molar-refractivity contribution in [2.24, 2.45) is 9.98 Å². The molecule has 38 heavy (non-hydrogen) atoms. The first-order valence-corrected chi connectivity index (χ1v) is 24.8. The minimum absolute atomic E-state index is 0.0281. The zero-order valence-corrected chi connectivity index (χ0v) is 31.1. The molecule has 21 heteroatoms. The summed E-state index contributed by atoms with van der Waals surface area (Å²) in [6.45, 7) is 0. The van der Waals surface area contributed by atoms with Crippen molar-refractivity contribution in [3.05, 3.63) is 0 Å². The summed E-state index contributed by atoms with van der Waals surface area (Å²) in [5.74, 6) is 2.15. The summed E-state index contributed by atoms with van der Waals surface area (Å²) in [5.41, 5.74) is 1.46. The van der Waals surface area contributed by atoms with Crippen LogP contribution in [0.1, 0.15) is 0 Å². The molecule has 0 saturated carbocycles. The second-order valence-corrected chi connectivity index (χ2v) is 21.1. The van der Waals surface area contributed by atoms with Crippen molar-refractivity contribution in [2.75, 3.05) is 75.3 Å². The zero-order chi connectivity index (χ0) is 27.8. The third-order valence-electron chi connectivity index (χ3n) is 2.81. The van der Waals surface area contributed by atoms with Gasteiger partial charge in [-0.15, -0.1) is 118 Å². The Balaban J connectivity index is 3.24. The third kappa shape index (κ3) is 35.1. The Labute approximate surface area is 281 Å². The van der Waals surface area contributed by atoms with Crippen molar-refractivity contribution in [1.82, 2.24) is 5.32 Å². The van der Waals surface area contributed by atoms with Crippen molar-refractivity contribution in [1.29, 1.82) is 0 Å². The van der Waals surface area contributed by atoms with Crippen LogP contribution in [-0.4, -0.2) is 102 Å². The first kappa shape index (κ1) is 40.9. The lowest BCUT2D eigenvalue weighted by Crippen LogP contribution is -2.17. The molecule has 8 nitrogen and oxygen atoms in total. The number of carbonyl (C=O) groups excluding carboxylic acids is 1. The van der Waals surface area contributed by atoms with E-state index >= 15 is 0 Å².